The van der Waals surface area contributed by atoms with Crippen LogP contribution in [0.3, 0.4) is 0 Å². The Labute approximate surface area is 170 Å². The first-order valence-corrected chi connectivity index (χ1v) is 9.86. The number of nitrogens with one attached hydrogen (secondary N) is 1. The molecule has 1 aromatic heterocycles. The van der Waals surface area contributed by atoms with E-state index in [0.29, 0.717) is 27.3 Å². The summed E-state index contributed by atoms with van der Waals surface area (Å²) in [7, 11) is 1.65. The third-order valence-corrected chi connectivity index (χ3v) is 5.54. The topological polar surface area (TPSA) is 87.8 Å². The molecule has 29 heavy (non-hydrogen) atoms. The number of carbonyl (C=O) groups is 1. The van der Waals surface area contributed by atoms with Gasteiger partial charge >= 0.3 is 0 Å². The van der Waals surface area contributed by atoms with Gasteiger partial charge in [0, 0.05) is 12.7 Å². The average molecular weight is 400 g/mol. The molecular weight excluding hydrogens is 384 g/mol. The Hall–Kier alpha value is -3.63. The number of fused-ring (bicyclic) bond motifs is 2. The normalized spacial score (nSPS) is 10.8. The standard InChI is InChI=1S/C22H16N4O2S/c1-26-21(28)18-10-15-6-2-3-7-16(15)11-19(18)25-22(26)29-13-20(27)24-17-8-4-5-14(9-17)12-23/h2-11H,13H2,1H3,(H,24,27). The van der Waals surface area contributed by atoms with E-state index >= 15 is 0 Å². The monoisotopic (exact) mass is 400 g/mol. The number of rotatable bonds is 4. The van der Waals surface area contributed by atoms with Gasteiger partial charge < -0.3 is 5.32 Å². The fourth-order valence-corrected chi connectivity index (χ4v) is 3.83. The summed E-state index contributed by atoms with van der Waals surface area (Å²) in [5, 5.41) is 14.7. The molecule has 7 heteroatoms. The summed E-state index contributed by atoms with van der Waals surface area (Å²) in [6.07, 6.45) is 0. The van der Waals surface area contributed by atoms with E-state index in [1.165, 1.54) is 16.3 Å². The lowest BCUT2D eigenvalue weighted by Gasteiger charge is -2.10. The van der Waals surface area contributed by atoms with E-state index < -0.39 is 0 Å². The molecule has 142 valence electrons. The zero-order valence-corrected chi connectivity index (χ0v) is 16.4. The van der Waals surface area contributed by atoms with Crippen LogP contribution in [0.2, 0.25) is 0 Å². The van der Waals surface area contributed by atoms with Crippen LogP contribution in [0.15, 0.2) is 70.6 Å². The minimum Gasteiger partial charge on any atom is -0.325 e. The molecule has 1 amide bonds. The summed E-state index contributed by atoms with van der Waals surface area (Å²) in [5.41, 5.74) is 1.49. The molecule has 0 unspecified atom stereocenters. The summed E-state index contributed by atoms with van der Waals surface area (Å²) in [4.78, 5) is 29.7. The highest BCUT2D eigenvalue weighted by atomic mass is 32.2. The number of benzene rings is 3. The Bertz CT molecular complexity index is 1350. The molecular formula is C22H16N4O2S. The van der Waals surface area contributed by atoms with Crippen molar-refractivity contribution in [2.24, 2.45) is 7.05 Å². The fraction of sp³-hybridized carbons (Fsp3) is 0.0909. The smallest absolute Gasteiger partial charge is 0.261 e. The number of anilines is 1. The van der Waals surface area contributed by atoms with E-state index in [4.69, 9.17) is 5.26 Å². The fourth-order valence-electron chi connectivity index (χ4n) is 3.06. The molecule has 0 spiro atoms. The molecule has 6 nitrogen and oxygen atoms in total. The van der Waals surface area contributed by atoms with Crippen molar-refractivity contribution in [2.45, 2.75) is 5.16 Å². The number of nitrogens with zero attached hydrogens (tertiary/aromatic N) is 3. The third-order valence-electron chi connectivity index (χ3n) is 4.51. The largest absolute Gasteiger partial charge is 0.325 e. The second-order valence-corrected chi connectivity index (χ2v) is 7.45. The van der Waals surface area contributed by atoms with Gasteiger partial charge in [0.2, 0.25) is 5.91 Å². The van der Waals surface area contributed by atoms with Gasteiger partial charge in [0.15, 0.2) is 5.16 Å². The molecule has 0 saturated heterocycles. The van der Waals surface area contributed by atoms with Crippen molar-refractivity contribution in [3.8, 4) is 6.07 Å². The SMILES string of the molecule is Cn1c(SCC(=O)Nc2cccc(C#N)c2)nc2cc3ccccc3cc2c1=O. The first-order chi connectivity index (χ1) is 14.0. The highest BCUT2D eigenvalue weighted by Crippen LogP contribution is 2.22. The van der Waals surface area contributed by atoms with Crippen LogP contribution in [0.4, 0.5) is 5.69 Å². The van der Waals surface area contributed by atoms with Crippen molar-refractivity contribution < 1.29 is 4.79 Å². The van der Waals surface area contributed by atoms with Gasteiger partial charge in [-0.05, 0) is 41.1 Å². The maximum atomic E-state index is 12.8. The molecule has 0 saturated carbocycles. The lowest BCUT2D eigenvalue weighted by molar-refractivity contribution is -0.113. The summed E-state index contributed by atoms with van der Waals surface area (Å²) in [6, 6.07) is 20.3. The highest BCUT2D eigenvalue weighted by molar-refractivity contribution is 7.99. The van der Waals surface area contributed by atoms with E-state index in [1.807, 2.05) is 42.5 Å². The summed E-state index contributed by atoms with van der Waals surface area (Å²) in [6.45, 7) is 0. The van der Waals surface area contributed by atoms with E-state index in [2.05, 4.69) is 10.3 Å². The third kappa shape index (κ3) is 3.84. The van der Waals surface area contributed by atoms with Gasteiger partial charge in [0.05, 0.1) is 28.3 Å². The molecule has 1 N–H and O–H groups in total. The lowest BCUT2D eigenvalue weighted by Crippen LogP contribution is -2.21. The van der Waals surface area contributed by atoms with Crippen LogP contribution in [0, 0.1) is 11.3 Å². The van der Waals surface area contributed by atoms with Crippen LogP contribution >= 0.6 is 11.8 Å². The Morgan fingerprint density at radius 2 is 1.90 bits per heavy atom. The zero-order chi connectivity index (χ0) is 20.4. The molecule has 0 fully saturated rings. The predicted molar refractivity (Wildman–Crippen MR) is 115 cm³/mol. The number of nitriles is 1. The first-order valence-electron chi connectivity index (χ1n) is 8.87. The minimum absolute atomic E-state index is 0.0934. The number of amides is 1. The Kier molecular flexibility index (Phi) is 5.02. The molecule has 0 aliphatic carbocycles. The first kappa shape index (κ1) is 18.7. The van der Waals surface area contributed by atoms with Gasteiger partial charge in [-0.1, -0.05) is 42.1 Å². The molecule has 0 atom stereocenters. The quantitative estimate of drug-likeness (QED) is 0.321. The lowest BCUT2D eigenvalue weighted by atomic mass is 10.1. The van der Waals surface area contributed by atoms with Crippen LogP contribution in [0.1, 0.15) is 5.56 Å². The van der Waals surface area contributed by atoms with Crippen LogP contribution in [0.25, 0.3) is 21.7 Å². The van der Waals surface area contributed by atoms with Crippen molar-refractivity contribution in [2.75, 3.05) is 11.1 Å². The molecule has 3 aromatic carbocycles. The molecule has 4 aromatic rings. The maximum absolute atomic E-state index is 12.8. The van der Waals surface area contributed by atoms with E-state index in [-0.39, 0.29) is 17.2 Å². The van der Waals surface area contributed by atoms with Crippen molar-refractivity contribution in [1.82, 2.24) is 9.55 Å². The van der Waals surface area contributed by atoms with Gasteiger partial charge in [0.25, 0.3) is 5.56 Å². The Morgan fingerprint density at radius 3 is 2.66 bits per heavy atom. The van der Waals surface area contributed by atoms with Crippen LogP contribution in [0.5, 0.6) is 0 Å². The van der Waals surface area contributed by atoms with Gasteiger partial charge in [-0.3, -0.25) is 14.2 Å². The molecule has 0 aliphatic heterocycles. The second-order valence-electron chi connectivity index (χ2n) is 6.50. The summed E-state index contributed by atoms with van der Waals surface area (Å²) >= 11 is 1.19. The van der Waals surface area contributed by atoms with Crippen LogP contribution in [-0.4, -0.2) is 21.2 Å². The van der Waals surface area contributed by atoms with E-state index in [1.54, 1.807) is 31.3 Å². The predicted octanol–water partition coefficient (Wildman–Crippen LogP) is 3.69. The number of carbonyl (C=O) groups excluding carboxylic acids is 1. The summed E-state index contributed by atoms with van der Waals surface area (Å²) < 4.78 is 1.46. The molecule has 1 heterocycles. The second kappa shape index (κ2) is 7.78. The average Bonchev–Trinajstić information content (AvgIpc) is 2.74. The maximum Gasteiger partial charge on any atom is 0.261 e. The molecule has 0 aliphatic rings. The van der Waals surface area contributed by atoms with Crippen molar-refractivity contribution >= 4 is 45.0 Å². The van der Waals surface area contributed by atoms with Crippen LogP contribution < -0.4 is 10.9 Å². The summed E-state index contributed by atoms with van der Waals surface area (Å²) in [5.74, 6) is -0.145. The number of aromatic nitrogens is 2. The van der Waals surface area contributed by atoms with Gasteiger partial charge in [0.1, 0.15) is 0 Å². The number of hydrogen-bond donors (Lipinski definition) is 1. The zero-order valence-electron chi connectivity index (χ0n) is 15.5. The van der Waals surface area contributed by atoms with E-state index in [0.717, 1.165) is 10.8 Å². The Morgan fingerprint density at radius 1 is 1.14 bits per heavy atom. The minimum atomic E-state index is -0.238. The van der Waals surface area contributed by atoms with Gasteiger partial charge in [-0.15, -0.1) is 0 Å². The molecule has 0 bridgehead atoms. The number of hydrogen-bond acceptors (Lipinski definition) is 5. The van der Waals surface area contributed by atoms with Gasteiger partial charge in [-0.25, -0.2) is 4.98 Å². The van der Waals surface area contributed by atoms with Gasteiger partial charge in [-0.2, -0.15) is 5.26 Å². The molecule has 0 radical (unpaired) electrons. The number of thioether (sulfide) groups is 1. The van der Waals surface area contributed by atoms with Crippen LogP contribution in [-0.2, 0) is 11.8 Å². The molecule has 4 rings (SSSR count). The highest BCUT2D eigenvalue weighted by Gasteiger charge is 2.12. The Balaban J connectivity index is 1.58. The van der Waals surface area contributed by atoms with Crippen molar-refractivity contribution in [1.29, 1.82) is 5.26 Å². The van der Waals surface area contributed by atoms with Crippen molar-refractivity contribution in [3.05, 3.63) is 76.6 Å². The van der Waals surface area contributed by atoms with Crippen molar-refractivity contribution in [3.63, 3.8) is 0 Å². The van der Waals surface area contributed by atoms with E-state index in [9.17, 15) is 9.59 Å².